The summed E-state index contributed by atoms with van der Waals surface area (Å²) in [5.41, 5.74) is 4.04. The summed E-state index contributed by atoms with van der Waals surface area (Å²) in [6, 6.07) is 3.96. The molecule has 1 aliphatic heterocycles. The number of nitrogens with one attached hydrogen (secondary N) is 1. The van der Waals surface area contributed by atoms with Crippen LogP contribution in [0.4, 0.5) is 13.2 Å². The molecule has 1 aromatic heterocycles. The van der Waals surface area contributed by atoms with Crippen molar-refractivity contribution in [2.45, 2.75) is 32.7 Å². The molecular formula is C15H18F3N3O. The van der Waals surface area contributed by atoms with Crippen molar-refractivity contribution in [1.29, 1.82) is 0 Å². The number of alkyl halides is 3. The third kappa shape index (κ3) is 2.96. The van der Waals surface area contributed by atoms with E-state index in [4.69, 9.17) is 4.74 Å². The number of imidazole rings is 1. The molecule has 2 aromatic rings. The Labute approximate surface area is 126 Å². The first kappa shape index (κ1) is 15.3. The number of halogens is 3. The number of nitrogens with zero attached hydrogens (tertiary/aromatic N) is 2. The van der Waals surface area contributed by atoms with E-state index in [0.717, 1.165) is 22.2 Å². The molecule has 0 unspecified atom stereocenters. The topological polar surface area (TPSA) is 41.2 Å². The van der Waals surface area contributed by atoms with Gasteiger partial charge >= 0.3 is 6.18 Å². The predicted octanol–water partition coefficient (Wildman–Crippen LogP) is 2.94. The Kier molecular flexibility index (Phi) is 3.86. The Morgan fingerprint density at radius 3 is 2.86 bits per heavy atom. The van der Waals surface area contributed by atoms with E-state index in [1.807, 2.05) is 26.0 Å². The number of fused-ring (bicyclic) bond motifs is 1. The van der Waals surface area contributed by atoms with E-state index < -0.39 is 12.3 Å². The molecule has 1 N–H and O–H groups in total. The molecule has 2 heterocycles. The van der Waals surface area contributed by atoms with Gasteiger partial charge in [0.15, 0.2) is 6.10 Å². The molecule has 1 aliphatic rings. The quantitative estimate of drug-likeness (QED) is 0.927. The molecule has 0 amide bonds. The van der Waals surface area contributed by atoms with Gasteiger partial charge in [-0.1, -0.05) is 6.07 Å². The SMILES string of the molecule is Cc1ccc2[nH]c(CN3CCO[C@H](C(F)(F)F)C3)nc2c1C. The summed E-state index contributed by atoms with van der Waals surface area (Å²) >= 11 is 0. The second-order valence-electron chi connectivity index (χ2n) is 5.72. The van der Waals surface area contributed by atoms with Crippen molar-refractivity contribution in [3.8, 4) is 0 Å². The lowest BCUT2D eigenvalue weighted by Crippen LogP contribution is -2.48. The molecular weight excluding hydrogens is 295 g/mol. The highest BCUT2D eigenvalue weighted by molar-refractivity contribution is 5.79. The first-order chi connectivity index (χ1) is 10.3. The van der Waals surface area contributed by atoms with Gasteiger partial charge in [0.1, 0.15) is 5.82 Å². The number of aryl methyl sites for hydroxylation is 2. The molecule has 0 spiro atoms. The minimum absolute atomic E-state index is 0.0859. The van der Waals surface area contributed by atoms with Crippen LogP contribution in [0.15, 0.2) is 12.1 Å². The van der Waals surface area contributed by atoms with Crippen molar-refractivity contribution in [2.24, 2.45) is 0 Å². The minimum Gasteiger partial charge on any atom is -0.366 e. The predicted molar refractivity (Wildman–Crippen MR) is 76.6 cm³/mol. The van der Waals surface area contributed by atoms with Gasteiger partial charge in [0.25, 0.3) is 0 Å². The molecule has 22 heavy (non-hydrogen) atoms. The monoisotopic (exact) mass is 313 g/mol. The average molecular weight is 313 g/mol. The maximum absolute atomic E-state index is 12.7. The maximum Gasteiger partial charge on any atom is 0.415 e. The maximum atomic E-state index is 12.7. The molecule has 0 bridgehead atoms. The third-order valence-electron chi connectivity index (χ3n) is 4.12. The Hall–Kier alpha value is -1.60. The lowest BCUT2D eigenvalue weighted by molar-refractivity contribution is -0.237. The normalized spacial score (nSPS) is 20.7. The first-order valence-electron chi connectivity index (χ1n) is 7.20. The number of aromatic nitrogens is 2. The van der Waals surface area contributed by atoms with Gasteiger partial charge < -0.3 is 9.72 Å². The lowest BCUT2D eigenvalue weighted by atomic mass is 10.1. The van der Waals surface area contributed by atoms with E-state index in [1.54, 1.807) is 4.90 Å². The lowest BCUT2D eigenvalue weighted by Gasteiger charge is -2.33. The summed E-state index contributed by atoms with van der Waals surface area (Å²) in [4.78, 5) is 9.45. The zero-order valence-electron chi connectivity index (χ0n) is 12.5. The van der Waals surface area contributed by atoms with Gasteiger partial charge in [-0.25, -0.2) is 4.98 Å². The smallest absolute Gasteiger partial charge is 0.366 e. The molecule has 0 aliphatic carbocycles. The zero-order valence-corrected chi connectivity index (χ0v) is 12.5. The van der Waals surface area contributed by atoms with Crippen LogP contribution in [0.2, 0.25) is 0 Å². The molecule has 1 fully saturated rings. The van der Waals surface area contributed by atoms with Crippen LogP contribution in [-0.2, 0) is 11.3 Å². The highest BCUT2D eigenvalue weighted by Gasteiger charge is 2.43. The first-order valence-corrected chi connectivity index (χ1v) is 7.20. The number of benzene rings is 1. The van der Waals surface area contributed by atoms with Crippen LogP contribution in [0.5, 0.6) is 0 Å². The van der Waals surface area contributed by atoms with Gasteiger partial charge in [-0.15, -0.1) is 0 Å². The molecule has 0 saturated carbocycles. The van der Waals surface area contributed by atoms with Crippen LogP contribution >= 0.6 is 0 Å². The van der Waals surface area contributed by atoms with Crippen molar-refractivity contribution in [1.82, 2.24) is 14.9 Å². The molecule has 1 saturated heterocycles. The molecule has 0 radical (unpaired) electrons. The summed E-state index contributed by atoms with van der Waals surface area (Å²) in [6.07, 6.45) is -6.03. The van der Waals surface area contributed by atoms with Gasteiger partial charge in [-0.3, -0.25) is 4.90 Å². The Morgan fingerprint density at radius 2 is 2.14 bits per heavy atom. The number of hydrogen-bond donors (Lipinski definition) is 1. The van der Waals surface area contributed by atoms with Crippen molar-refractivity contribution >= 4 is 11.0 Å². The van der Waals surface area contributed by atoms with Crippen LogP contribution in [0, 0.1) is 13.8 Å². The van der Waals surface area contributed by atoms with Crippen LogP contribution in [0.1, 0.15) is 17.0 Å². The summed E-state index contributed by atoms with van der Waals surface area (Å²) < 4.78 is 43.0. The van der Waals surface area contributed by atoms with Gasteiger partial charge in [-0.05, 0) is 31.0 Å². The number of morpholine rings is 1. The van der Waals surface area contributed by atoms with Crippen LogP contribution in [0.3, 0.4) is 0 Å². The highest BCUT2D eigenvalue weighted by atomic mass is 19.4. The number of rotatable bonds is 2. The fourth-order valence-electron chi connectivity index (χ4n) is 2.70. The van der Waals surface area contributed by atoms with Crippen molar-refractivity contribution in [2.75, 3.05) is 19.7 Å². The molecule has 1 atom stereocenters. The summed E-state index contributed by atoms with van der Waals surface area (Å²) in [5, 5.41) is 0. The number of ether oxygens (including phenoxy) is 1. The van der Waals surface area contributed by atoms with E-state index in [2.05, 4.69) is 9.97 Å². The van der Waals surface area contributed by atoms with Crippen LogP contribution < -0.4 is 0 Å². The van der Waals surface area contributed by atoms with Crippen molar-refractivity contribution in [3.63, 3.8) is 0 Å². The summed E-state index contributed by atoms with van der Waals surface area (Å²) in [6.45, 7) is 4.78. The molecule has 1 aromatic carbocycles. The van der Waals surface area contributed by atoms with E-state index in [1.165, 1.54) is 0 Å². The Balaban J connectivity index is 1.77. The largest absolute Gasteiger partial charge is 0.415 e. The third-order valence-corrected chi connectivity index (χ3v) is 4.12. The fraction of sp³-hybridized carbons (Fsp3) is 0.533. The van der Waals surface area contributed by atoms with Gasteiger partial charge in [0.2, 0.25) is 0 Å². The molecule has 7 heteroatoms. The number of hydrogen-bond acceptors (Lipinski definition) is 3. The average Bonchev–Trinajstić information content (AvgIpc) is 2.86. The zero-order chi connectivity index (χ0) is 15.9. The fourth-order valence-corrected chi connectivity index (χ4v) is 2.70. The minimum atomic E-state index is -4.32. The van der Waals surface area contributed by atoms with E-state index in [0.29, 0.717) is 18.9 Å². The summed E-state index contributed by atoms with van der Waals surface area (Å²) in [7, 11) is 0. The van der Waals surface area contributed by atoms with E-state index >= 15 is 0 Å². The molecule has 120 valence electrons. The number of aromatic amines is 1. The van der Waals surface area contributed by atoms with Gasteiger partial charge in [0.05, 0.1) is 24.2 Å². The van der Waals surface area contributed by atoms with E-state index in [9.17, 15) is 13.2 Å². The second-order valence-corrected chi connectivity index (χ2v) is 5.72. The summed E-state index contributed by atoms with van der Waals surface area (Å²) in [5.74, 6) is 0.687. The van der Waals surface area contributed by atoms with Crippen LogP contribution in [0.25, 0.3) is 11.0 Å². The van der Waals surface area contributed by atoms with Crippen molar-refractivity contribution in [3.05, 3.63) is 29.1 Å². The van der Waals surface area contributed by atoms with Gasteiger partial charge in [-0.2, -0.15) is 13.2 Å². The highest BCUT2D eigenvalue weighted by Crippen LogP contribution is 2.26. The Morgan fingerprint density at radius 1 is 1.36 bits per heavy atom. The van der Waals surface area contributed by atoms with E-state index in [-0.39, 0.29) is 13.2 Å². The standard InChI is InChI=1S/C15H18F3N3O/c1-9-3-4-11-14(10(9)2)20-13(19-11)8-21-5-6-22-12(7-21)15(16,17)18/h3-4,12H,5-8H2,1-2H3,(H,19,20)/t12-/m0/s1. The number of H-pyrrole nitrogens is 1. The van der Waals surface area contributed by atoms with Crippen molar-refractivity contribution < 1.29 is 17.9 Å². The molecule has 4 nitrogen and oxygen atoms in total. The Bertz CT molecular complexity index is 680. The molecule has 3 rings (SSSR count). The second kappa shape index (κ2) is 5.55. The van der Waals surface area contributed by atoms with Gasteiger partial charge in [0, 0.05) is 13.1 Å². The van der Waals surface area contributed by atoms with Crippen LogP contribution in [-0.4, -0.2) is 46.8 Å².